The van der Waals surface area contributed by atoms with Crippen LogP contribution in [-0.2, 0) is 4.74 Å². The number of nitrogens with zero attached hydrogens (tertiary/aromatic N) is 1. The van der Waals surface area contributed by atoms with Crippen molar-refractivity contribution in [2.75, 3.05) is 33.3 Å². The Labute approximate surface area is 130 Å². The van der Waals surface area contributed by atoms with Gasteiger partial charge in [0.1, 0.15) is 5.60 Å². The Kier molecular flexibility index (Phi) is 8.26. The number of ether oxygens (including phenoxy) is 1. The van der Waals surface area contributed by atoms with Gasteiger partial charge in [0.25, 0.3) is 0 Å². The van der Waals surface area contributed by atoms with E-state index in [1.54, 1.807) is 11.9 Å². The van der Waals surface area contributed by atoms with Crippen molar-refractivity contribution >= 4 is 6.09 Å². The molecule has 0 rings (SSSR count). The molecule has 2 atom stereocenters. The van der Waals surface area contributed by atoms with Crippen LogP contribution in [0, 0.1) is 11.3 Å². The van der Waals surface area contributed by atoms with Gasteiger partial charge in [-0.05, 0) is 39.7 Å². The summed E-state index contributed by atoms with van der Waals surface area (Å²) in [6.45, 7) is 14.2. The monoisotopic (exact) mass is 302 g/mol. The summed E-state index contributed by atoms with van der Waals surface area (Å²) in [7, 11) is 1.76. The van der Waals surface area contributed by atoms with Crippen LogP contribution in [0.3, 0.4) is 0 Å². The average Bonchev–Trinajstić information content (AvgIpc) is 2.36. The normalized spacial score (nSPS) is 16.2. The van der Waals surface area contributed by atoms with Crippen LogP contribution in [-0.4, -0.2) is 55.0 Å². The van der Waals surface area contributed by atoms with Crippen LogP contribution in [0.4, 0.5) is 4.79 Å². The maximum atomic E-state index is 11.9. The van der Waals surface area contributed by atoms with Crippen LogP contribution in [0.1, 0.15) is 48.0 Å². The molecular formula is C16H34N2O3. The Bertz CT molecular complexity index is 309. The number of aliphatic hydroxyl groups excluding tert-OH is 1. The molecule has 0 aliphatic rings. The zero-order valence-corrected chi connectivity index (χ0v) is 14.8. The van der Waals surface area contributed by atoms with Crippen LogP contribution in [0.2, 0.25) is 0 Å². The molecule has 0 aromatic heterocycles. The van der Waals surface area contributed by atoms with Crippen LogP contribution >= 0.6 is 0 Å². The molecule has 0 heterocycles. The highest BCUT2D eigenvalue weighted by atomic mass is 16.6. The van der Waals surface area contributed by atoms with Crippen molar-refractivity contribution in [3.63, 3.8) is 0 Å². The van der Waals surface area contributed by atoms with E-state index in [2.05, 4.69) is 26.1 Å². The van der Waals surface area contributed by atoms with Crippen molar-refractivity contribution in [1.29, 1.82) is 0 Å². The lowest BCUT2D eigenvalue weighted by atomic mass is 9.88. The number of nitrogens with one attached hydrogen (secondary N) is 1. The number of amides is 1. The largest absolute Gasteiger partial charge is 0.444 e. The summed E-state index contributed by atoms with van der Waals surface area (Å²) in [6.07, 6.45) is 0.644. The fourth-order valence-electron chi connectivity index (χ4n) is 1.86. The second kappa shape index (κ2) is 8.59. The quantitative estimate of drug-likeness (QED) is 0.723. The first-order valence-corrected chi connectivity index (χ1v) is 7.78. The van der Waals surface area contributed by atoms with Crippen LogP contribution in [0.5, 0.6) is 0 Å². The zero-order valence-electron chi connectivity index (χ0n) is 14.8. The molecule has 0 saturated carbocycles. The van der Waals surface area contributed by atoms with Gasteiger partial charge >= 0.3 is 6.09 Å². The third-order valence-corrected chi connectivity index (χ3v) is 3.57. The smallest absolute Gasteiger partial charge is 0.410 e. The molecular weight excluding hydrogens is 268 g/mol. The molecule has 0 aromatic carbocycles. The Hall–Kier alpha value is -0.810. The zero-order chi connectivity index (χ0) is 16.7. The molecule has 0 spiro atoms. The van der Waals surface area contributed by atoms with E-state index < -0.39 is 5.60 Å². The van der Waals surface area contributed by atoms with Gasteiger partial charge in [-0.25, -0.2) is 4.79 Å². The number of rotatable bonds is 8. The molecule has 0 radical (unpaired) electrons. The van der Waals surface area contributed by atoms with Crippen molar-refractivity contribution in [3.8, 4) is 0 Å². The first-order chi connectivity index (χ1) is 9.53. The molecule has 0 aromatic rings. The number of hydrogen-bond acceptors (Lipinski definition) is 4. The molecule has 0 aliphatic heterocycles. The summed E-state index contributed by atoms with van der Waals surface area (Å²) in [6, 6.07) is 0. The summed E-state index contributed by atoms with van der Waals surface area (Å²) in [5.41, 5.74) is -0.534. The van der Waals surface area contributed by atoms with Crippen molar-refractivity contribution in [1.82, 2.24) is 10.2 Å². The van der Waals surface area contributed by atoms with E-state index in [4.69, 9.17) is 4.74 Å². The van der Waals surface area contributed by atoms with Gasteiger partial charge in [-0.3, -0.25) is 0 Å². The molecule has 126 valence electrons. The highest BCUT2D eigenvalue weighted by Crippen LogP contribution is 2.18. The van der Waals surface area contributed by atoms with Gasteiger partial charge in [-0.15, -0.1) is 0 Å². The second-order valence-electron chi connectivity index (χ2n) is 7.42. The summed E-state index contributed by atoms with van der Waals surface area (Å²) in [5, 5.41) is 12.7. The number of carbonyl (C=O) groups is 1. The fraction of sp³-hybridized carbons (Fsp3) is 0.938. The SMILES string of the molecule is CCC(C)(CO)CNCC(C)CN(C)C(=O)OC(C)(C)C. The van der Waals surface area contributed by atoms with Gasteiger partial charge < -0.3 is 20.1 Å². The van der Waals surface area contributed by atoms with E-state index in [0.29, 0.717) is 12.5 Å². The van der Waals surface area contributed by atoms with Crippen LogP contribution < -0.4 is 5.32 Å². The van der Waals surface area contributed by atoms with Gasteiger partial charge in [0, 0.05) is 32.2 Å². The average molecular weight is 302 g/mol. The molecule has 5 nitrogen and oxygen atoms in total. The van der Waals surface area contributed by atoms with Gasteiger partial charge in [0.05, 0.1) is 0 Å². The number of aliphatic hydroxyl groups is 1. The predicted molar refractivity (Wildman–Crippen MR) is 86.4 cm³/mol. The molecule has 2 N–H and O–H groups in total. The summed E-state index contributed by atoms with van der Waals surface area (Å²) in [5.74, 6) is 0.322. The van der Waals surface area contributed by atoms with E-state index in [9.17, 15) is 9.90 Å². The summed E-state index contributed by atoms with van der Waals surface area (Å²) >= 11 is 0. The molecule has 2 unspecified atom stereocenters. The minimum atomic E-state index is -0.461. The first-order valence-electron chi connectivity index (χ1n) is 7.78. The molecule has 0 aliphatic carbocycles. The molecule has 1 amide bonds. The highest BCUT2D eigenvalue weighted by molar-refractivity contribution is 5.67. The minimum Gasteiger partial charge on any atom is -0.444 e. The topological polar surface area (TPSA) is 61.8 Å². The minimum absolute atomic E-state index is 0.0726. The molecule has 0 fully saturated rings. The van der Waals surface area contributed by atoms with Crippen molar-refractivity contribution in [2.24, 2.45) is 11.3 Å². The highest BCUT2D eigenvalue weighted by Gasteiger charge is 2.22. The fourth-order valence-corrected chi connectivity index (χ4v) is 1.86. The third kappa shape index (κ3) is 8.94. The number of carbonyl (C=O) groups excluding carboxylic acids is 1. The molecule has 21 heavy (non-hydrogen) atoms. The lowest BCUT2D eigenvalue weighted by molar-refractivity contribution is 0.0276. The maximum absolute atomic E-state index is 11.9. The van der Waals surface area contributed by atoms with E-state index in [1.807, 2.05) is 20.8 Å². The van der Waals surface area contributed by atoms with Crippen molar-refractivity contribution in [2.45, 2.75) is 53.6 Å². The Morgan fingerprint density at radius 2 is 1.90 bits per heavy atom. The Morgan fingerprint density at radius 1 is 1.33 bits per heavy atom. The predicted octanol–water partition coefficient (Wildman–Crippen LogP) is 2.49. The lowest BCUT2D eigenvalue weighted by Gasteiger charge is -2.28. The third-order valence-electron chi connectivity index (χ3n) is 3.57. The standard InChI is InChI=1S/C16H34N2O3/c1-8-16(6,12-19)11-17-9-13(2)10-18(7)14(20)21-15(3,4)5/h13,17,19H,8-12H2,1-7H3. The second-order valence-corrected chi connectivity index (χ2v) is 7.42. The Balaban J connectivity index is 4.09. The lowest BCUT2D eigenvalue weighted by Crippen LogP contribution is -2.40. The van der Waals surface area contributed by atoms with Gasteiger partial charge in [-0.1, -0.05) is 20.8 Å². The van der Waals surface area contributed by atoms with Gasteiger partial charge in [-0.2, -0.15) is 0 Å². The molecule has 0 bridgehead atoms. The van der Waals surface area contributed by atoms with E-state index in [1.165, 1.54) is 0 Å². The first kappa shape index (κ1) is 20.2. The van der Waals surface area contributed by atoms with E-state index in [0.717, 1.165) is 19.5 Å². The number of hydrogen-bond donors (Lipinski definition) is 2. The molecule has 0 saturated heterocycles. The maximum Gasteiger partial charge on any atom is 0.410 e. The van der Waals surface area contributed by atoms with Gasteiger partial charge in [0.15, 0.2) is 0 Å². The van der Waals surface area contributed by atoms with E-state index >= 15 is 0 Å². The van der Waals surface area contributed by atoms with Crippen LogP contribution in [0.15, 0.2) is 0 Å². The Morgan fingerprint density at radius 3 is 2.33 bits per heavy atom. The summed E-state index contributed by atoms with van der Waals surface area (Å²) in [4.78, 5) is 13.5. The van der Waals surface area contributed by atoms with Crippen LogP contribution in [0.25, 0.3) is 0 Å². The van der Waals surface area contributed by atoms with Crippen molar-refractivity contribution in [3.05, 3.63) is 0 Å². The van der Waals surface area contributed by atoms with Gasteiger partial charge in [0.2, 0.25) is 0 Å². The molecule has 5 heteroatoms. The van der Waals surface area contributed by atoms with E-state index in [-0.39, 0.29) is 18.1 Å². The summed E-state index contributed by atoms with van der Waals surface area (Å²) < 4.78 is 5.33. The van der Waals surface area contributed by atoms with Crippen molar-refractivity contribution < 1.29 is 14.6 Å².